The number of carbonyl (C=O) groups excluding carboxylic acids is 1. The highest BCUT2D eigenvalue weighted by Crippen LogP contribution is 2.26. The van der Waals surface area contributed by atoms with Gasteiger partial charge in [0.15, 0.2) is 0 Å². The predicted octanol–water partition coefficient (Wildman–Crippen LogP) is 4.59. The molecule has 1 amide bonds. The highest BCUT2D eigenvalue weighted by molar-refractivity contribution is 6.30. The van der Waals surface area contributed by atoms with Crippen LogP contribution in [-0.2, 0) is 4.79 Å². The van der Waals surface area contributed by atoms with Gasteiger partial charge < -0.3 is 15.0 Å². The first kappa shape index (κ1) is 17.6. The number of anilines is 2. The van der Waals surface area contributed by atoms with Crippen molar-refractivity contribution >= 4 is 28.9 Å². The average Bonchev–Trinajstić information content (AvgIpc) is 2.64. The van der Waals surface area contributed by atoms with E-state index < -0.39 is 0 Å². The summed E-state index contributed by atoms with van der Waals surface area (Å²) < 4.78 is 5.42. The Labute approximate surface area is 153 Å². The maximum Gasteiger partial charge on any atom is 0.227 e. The Bertz CT molecular complexity index is 710. The van der Waals surface area contributed by atoms with Crippen molar-refractivity contribution in [2.45, 2.75) is 19.8 Å². The van der Waals surface area contributed by atoms with Gasteiger partial charge in [-0.15, -0.1) is 0 Å². The van der Waals surface area contributed by atoms with E-state index in [0.717, 1.165) is 48.1 Å². The third-order valence-electron chi connectivity index (χ3n) is 4.47. The van der Waals surface area contributed by atoms with E-state index in [1.54, 1.807) is 0 Å². The third-order valence-corrected chi connectivity index (χ3v) is 4.71. The van der Waals surface area contributed by atoms with Crippen LogP contribution in [0.4, 0.5) is 11.4 Å². The first-order valence-electron chi connectivity index (χ1n) is 8.70. The van der Waals surface area contributed by atoms with Crippen molar-refractivity contribution in [1.29, 1.82) is 0 Å². The first-order valence-corrected chi connectivity index (χ1v) is 9.07. The molecule has 1 N–H and O–H groups in total. The Morgan fingerprint density at radius 2 is 1.92 bits per heavy atom. The average molecular weight is 359 g/mol. The second kappa shape index (κ2) is 8.26. The smallest absolute Gasteiger partial charge is 0.227 e. The van der Waals surface area contributed by atoms with Gasteiger partial charge in [-0.25, -0.2) is 0 Å². The van der Waals surface area contributed by atoms with Crippen LogP contribution < -0.4 is 15.0 Å². The lowest BCUT2D eigenvalue weighted by Crippen LogP contribution is -2.38. The Hall–Kier alpha value is -2.20. The summed E-state index contributed by atoms with van der Waals surface area (Å²) >= 11 is 6.06. The molecule has 1 saturated heterocycles. The summed E-state index contributed by atoms with van der Waals surface area (Å²) in [5, 5.41) is 3.75. The predicted molar refractivity (Wildman–Crippen MR) is 103 cm³/mol. The second-order valence-electron chi connectivity index (χ2n) is 6.19. The largest absolute Gasteiger partial charge is 0.494 e. The van der Waals surface area contributed by atoms with Gasteiger partial charge in [-0.1, -0.05) is 17.7 Å². The minimum Gasteiger partial charge on any atom is -0.494 e. The molecule has 3 rings (SSSR count). The standard InChI is InChI=1S/C20H23ClN2O2/c1-2-25-19-8-6-17(7-9-19)22-20(24)15-10-12-23(13-11-15)18-5-3-4-16(21)14-18/h3-9,14-15H,2,10-13H2,1H3,(H,22,24). The first-order chi connectivity index (χ1) is 12.2. The normalized spacial score (nSPS) is 15.0. The molecule has 2 aromatic carbocycles. The van der Waals surface area contributed by atoms with Crippen molar-refractivity contribution in [3.63, 3.8) is 0 Å². The summed E-state index contributed by atoms with van der Waals surface area (Å²) in [5.41, 5.74) is 1.93. The second-order valence-corrected chi connectivity index (χ2v) is 6.62. The van der Waals surface area contributed by atoms with Gasteiger partial charge in [0.05, 0.1) is 6.61 Å². The summed E-state index contributed by atoms with van der Waals surface area (Å²) in [5.74, 6) is 0.951. The zero-order valence-electron chi connectivity index (χ0n) is 14.4. The lowest BCUT2D eigenvalue weighted by Gasteiger charge is -2.33. The van der Waals surface area contributed by atoms with E-state index in [4.69, 9.17) is 16.3 Å². The molecular weight excluding hydrogens is 336 g/mol. The molecule has 0 aliphatic carbocycles. The number of piperidine rings is 1. The van der Waals surface area contributed by atoms with Gasteiger partial charge in [0.2, 0.25) is 5.91 Å². The fraction of sp³-hybridized carbons (Fsp3) is 0.350. The van der Waals surface area contributed by atoms with Crippen LogP contribution in [0, 0.1) is 5.92 Å². The third kappa shape index (κ3) is 4.67. The van der Waals surface area contributed by atoms with E-state index in [2.05, 4.69) is 16.3 Å². The minimum absolute atomic E-state index is 0.0435. The fourth-order valence-electron chi connectivity index (χ4n) is 3.12. The van der Waals surface area contributed by atoms with Crippen molar-refractivity contribution in [3.8, 4) is 5.75 Å². The number of ether oxygens (including phenoxy) is 1. The van der Waals surface area contributed by atoms with Gasteiger partial charge in [-0.05, 0) is 62.2 Å². The Kier molecular flexibility index (Phi) is 5.82. The van der Waals surface area contributed by atoms with Crippen LogP contribution >= 0.6 is 11.6 Å². The van der Waals surface area contributed by atoms with Crippen LogP contribution in [0.2, 0.25) is 5.02 Å². The highest BCUT2D eigenvalue weighted by Gasteiger charge is 2.25. The SMILES string of the molecule is CCOc1ccc(NC(=O)C2CCN(c3cccc(Cl)c3)CC2)cc1. The van der Waals surface area contributed by atoms with Crippen LogP contribution in [0.15, 0.2) is 48.5 Å². The molecule has 0 spiro atoms. The molecule has 1 fully saturated rings. The van der Waals surface area contributed by atoms with Gasteiger partial charge in [0.25, 0.3) is 0 Å². The number of nitrogens with one attached hydrogen (secondary N) is 1. The Balaban J connectivity index is 1.53. The number of rotatable bonds is 5. The molecule has 0 radical (unpaired) electrons. The molecule has 1 aliphatic rings. The lowest BCUT2D eigenvalue weighted by molar-refractivity contribution is -0.120. The van der Waals surface area contributed by atoms with Gasteiger partial charge in [-0.3, -0.25) is 4.79 Å². The number of nitrogens with zero attached hydrogens (tertiary/aromatic N) is 1. The summed E-state index contributed by atoms with van der Waals surface area (Å²) in [4.78, 5) is 14.8. The summed E-state index contributed by atoms with van der Waals surface area (Å²) in [6, 6.07) is 15.4. The lowest BCUT2D eigenvalue weighted by atomic mass is 9.95. The minimum atomic E-state index is 0.0435. The number of hydrogen-bond acceptors (Lipinski definition) is 3. The zero-order valence-corrected chi connectivity index (χ0v) is 15.1. The summed E-state index contributed by atoms with van der Waals surface area (Å²) in [6.07, 6.45) is 1.69. The van der Waals surface area contributed by atoms with Gasteiger partial charge >= 0.3 is 0 Å². The fourth-order valence-corrected chi connectivity index (χ4v) is 3.30. The summed E-state index contributed by atoms with van der Waals surface area (Å²) in [7, 11) is 0. The molecule has 132 valence electrons. The van der Waals surface area contributed by atoms with Crippen molar-refractivity contribution in [3.05, 3.63) is 53.6 Å². The number of benzene rings is 2. The van der Waals surface area contributed by atoms with Crippen LogP contribution in [0.5, 0.6) is 5.75 Å². The monoisotopic (exact) mass is 358 g/mol. The van der Waals surface area contributed by atoms with Gasteiger partial charge in [0.1, 0.15) is 5.75 Å². The number of hydrogen-bond donors (Lipinski definition) is 1. The molecule has 0 atom stereocenters. The molecule has 0 unspecified atom stereocenters. The van der Waals surface area contributed by atoms with Crippen LogP contribution in [0.3, 0.4) is 0 Å². The zero-order chi connectivity index (χ0) is 17.6. The van der Waals surface area contributed by atoms with Crippen LogP contribution in [-0.4, -0.2) is 25.6 Å². The van der Waals surface area contributed by atoms with E-state index >= 15 is 0 Å². The van der Waals surface area contributed by atoms with Crippen molar-refractivity contribution in [2.75, 3.05) is 29.9 Å². The van der Waals surface area contributed by atoms with Gasteiger partial charge in [0, 0.05) is 35.4 Å². The van der Waals surface area contributed by atoms with Crippen LogP contribution in [0.1, 0.15) is 19.8 Å². The molecule has 1 aliphatic heterocycles. The van der Waals surface area contributed by atoms with E-state index in [1.807, 2.05) is 49.4 Å². The molecule has 0 bridgehead atoms. The molecule has 25 heavy (non-hydrogen) atoms. The van der Waals surface area contributed by atoms with Crippen LogP contribution in [0.25, 0.3) is 0 Å². The highest BCUT2D eigenvalue weighted by atomic mass is 35.5. The molecule has 0 aromatic heterocycles. The van der Waals surface area contributed by atoms with Crippen molar-refractivity contribution in [2.24, 2.45) is 5.92 Å². The van der Waals surface area contributed by atoms with Crippen molar-refractivity contribution in [1.82, 2.24) is 0 Å². The Morgan fingerprint density at radius 3 is 2.56 bits per heavy atom. The van der Waals surface area contributed by atoms with E-state index in [9.17, 15) is 4.79 Å². The Morgan fingerprint density at radius 1 is 1.20 bits per heavy atom. The number of halogens is 1. The molecule has 1 heterocycles. The van der Waals surface area contributed by atoms with E-state index in [-0.39, 0.29) is 11.8 Å². The van der Waals surface area contributed by atoms with Crippen molar-refractivity contribution < 1.29 is 9.53 Å². The topological polar surface area (TPSA) is 41.6 Å². The molecule has 0 saturated carbocycles. The molecule has 4 nitrogen and oxygen atoms in total. The molecule has 5 heteroatoms. The summed E-state index contributed by atoms with van der Waals surface area (Å²) in [6.45, 7) is 4.31. The van der Waals surface area contributed by atoms with E-state index in [0.29, 0.717) is 6.61 Å². The quantitative estimate of drug-likeness (QED) is 0.849. The number of amides is 1. The maximum atomic E-state index is 12.5. The number of carbonyl (C=O) groups is 1. The van der Waals surface area contributed by atoms with E-state index in [1.165, 1.54) is 0 Å². The maximum absolute atomic E-state index is 12.5. The molecule has 2 aromatic rings. The van der Waals surface area contributed by atoms with Gasteiger partial charge in [-0.2, -0.15) is 0 Å². The molecular formula is C20H23ClN2O2.